The van der Waals surface area contributed by atoms with E-state index in [1.807, 2.05) is 20.9 Å². The summed E-state index contributed by atoms with van der Waals surface area (Å²) in [5.41, 5.74) is 1.20. The van der Waals surface area contributed by atoms with Crippen molar-refractivity contribution in [1.29, 1.82) is 0 Å². The van der Waals surface area contributed by atoms with Gasteiger partial charge >= 0.3 is 0 Å². The van der Waals surface area contributed by atoms with Crippen LogP contribution in [-0.2, 0) is 6.54 Å². The molecular weight excluding hydrogens is 276 g/mol. The Morgan fingerprint density at radius 3 is 2.55 bits per heavy atom. The van der Waals surface area contributed by atoms with E-state index in [0.717, 1.165) is 30.1 Å². The number of hydrogen-bond donors (Lipinski definition) is 2. The van der Waals surface area contributed by atoms with E-state index < -0.39 is 0 Å². The molecule has 0 amide bonds. The van der Waals surface area contributed by atoms with Gasteiger partial charge in [0.1, 0.15) is 11.5 Å². The molecule has 5 heteroatoms. The van der Waals surface area contributed by atoms with E-state index in [-0.39, 0.29) is 0 Å². The summed E-state index contributed by atoms with van der Waals surface area (Å²) in [7, 11) is 1.84. The molecule has 0 bridgehead atoms. The Morgan fingerprint density at radius 2 is 2.00 bits per heavy atom. The highest BCUT2D eigenvalue weighted by molar-refractivity contribution is 5.80. The molecule has 2 heterocycles. The minimum atomic E-state index is 0.536. The molecule has 0 spiro atoms. The number of hydrogen-bond acceptors (Lipinski definition) is 3. The maximum absolute atomic E-state index is 5.56. The van der Waals surface area contributed by atoms with E-state index in [1.165, 1.54) is 44.3 Å². The van der Waals surface area contributed by atoms with Crippen molar-refractivity contribution >= 4 is 5.96 Å². The number of furan rings is 1. The highest BCUT2D eigenvalue weighted by atomic mass is 16.3. The number of piperidine rings is 1. The summed E-state index contributed by atoms with van der Waals surface area (Å²) in [6, 6.07) is 3.52. The van der Waals surface area contributed by atoms with Crippen LogP contribution in [0, 0.1) is 13.8 Å². The molecule has 1 aromatic rings. The second-order valence-corrected chi connectivity index (χ2v) is 6.55. The molecule has 1 saturated heterocycles. The Hall–Kier alpha value is -1.49. The van der Waals surface area contributed by atoms with E-state index in [9.17, 15) is 0 Å². The zero-order chi connectivity index (χ0) is 15.5. The molecule has 1 aliphatic heterocycles. The molecule has 1 aromatic heterocycles. The molecule has 0 aromatic carbocycles. The summed E-state index contributed by atoms with van der Waals surface area (Å²) in [5, 5.41) is 6.96. The number of nitrogens with one attached hydrogen (secondary N) is 2. The van der Waals surface area contributed by atoms with Gasteiger partial charge in [-0.25, -0.2) is 0 Å². The molecule has 5 nitrogen and oxygen atoms in total. The SMILES string of the molecule is CN=C(NCc1cc(C)oc1C)NC1CCN(C2CC2)CC1. The van der Waals surface area contributed by atoms with Gasteiger partial charge in [-0.05, 0) is 45.6 Å². The third-order valence-electron chi connectivity index (χ3n) is 4.75. The average Bonchev–Trinajstić information content (AvgIpc) is 3.30. The van der Waals surface area contributed by atoms with E-state index in [2.05, 4.69) is 26.6 Å². The van der Waals surface area contributed by atoms with E-state index >= 15 is 0 Å². The van der Waals surface area contributed by atoms with Crippen LogP contribution in [0.15, 0.2) is 15.5 Å². The first-order chi connectivity index (χ1) is 10.7. The number of aryl methyl sites for hydroxylation is 2. The van der Waals surface area contributed by atoms with Crippen LogP contribution < -0.4 is 10.6 Å². The van der Waals surface area contributed by atoms with Crippen LogP contribution in [0.5, 0.6) is 0 Å². The Bertz CT molecular complexity index is 525. The molecule has 3 rings (SSSR count). The summed E-state index contributed by atoms with van der Waals surface area (Å²) in [6.45, 7) is 7.19. The predicted molar refractivity (Wildman–Crippen MR) is 89.1 cm³/mol. The van der Waals surface area contributed by atoms with Gasteiger partial charge in [0.2, 0.25) is 0 Å². The Morgan fingerprint density at radius 1 is 1.27 bits per heavy atom. The second kappa shape index (κ2) is 6.73. The summed E-state index contributed by atoms with van der Waals surface area (Å²) in [6.07, 6.45) is 5.23. The van der Waals surface area contributed by atoms with Gasteiger partial charge in [0.05, 0.1) is 0 Å². The van der Waals surface area contributed by atoms with Crippen molar-refractivity contribution in [3.8, 4) is 0 Å². The van der Waals surface area contributed by atoms with Crippen molar-refractivity contribution < 1.29 is 4.42 Å². The molecule has 22 heavy (non-hydrogen) atoms. The van der Waals surface area contributed by atoms with E-state index in [1.54, 1.807) is 0 Å². The number of rotatable bonds is 4. The fourth-order valence-corrected chi connectivity index (χ4v) is 3.27. The maximum Gasteiger partial charge on any atom is 0.191 e. The van der Waals surface area contributed by atoms with Gasteiger partial charge in [-0.15, -0.1) is 0 Å². The lowest BCUT2D eigenvalue weighted by molar-refractivity contribution is 0.197. The number of guanidine groups is 1. The zero-order valence-electron chi connectivity index (χ0n) is 14.0. The van der Waals surface area contributed by atoms with Gasteiger partial charge in [-0.1, -0.05) is 0 Å². The summed E-state index contributed by atoms with van der Waals surface area (Å²) >= 11 is 0. The average molecular weight is 304 g/mol. The lowest BCUT2D eigenvalue weighted by Crippen LogP contribution is -2.48. The smallest absolute Gasteiger partial charge is 0.191 e. The van der Waals surface area contributed by atoms with Gasteiger partial charge in [0, 0.05) is 44.3 Å². The monoisotopic (exact) mass is 304 g/mol. The van der Waals surface area contributed by atoms with E-state index in [0.29, 0.717) is 6.04 Å². The first kappa shape index (κ1) is 15.4. The fraction of sp³-hybridized carbons (Fsp3) is 0.706. The van der Waals surface area contributed by atoms with E-state index in [4.69, 9.17) is 4.42 Å². The zero-order valence-corrected chi connectivity index (χ0v) is 14.0. The Balaban J connectivity index is 1.45. The minimum Gasteiger partial charge on any atom is -0.466 e. The maximum atomic E-state index is 5.56. The molecule has 2 N–H and O–H groups in total. The molecule has 1 saturated carbocycles. The van der Waals surface area contributed by atoms with Gasteiger partial charge in [-0.3, -0.25) is 4.99 Å². The minimum absolute atomic E-state index is 0.536. The predicted octanol–water partition coefficient (Wildman–Crippen LogP) is 2.19. The topological polar surface area (TPSA) is 52.8 Å². The number of nitrogens with zero attached hydrogens (tertiary/aromatic N) is 2. The molecule has 0 atom stereocenters. The molecule has 1 aliphatic carbocycles. The molecule has 0 radical (unpaired) electrons. The van der Waals surface area contributed by atoms with Crippen molar-refractivity contribution in [2.45, 2.75) is 58.2 Å². The third-order valence-corrected chi connectivity index (χ3v) is 4.75. The van der Waals surface area contributed by atoms with Crippen LogP contribution in [0.25, 0.3) is 0 Å². The largest absolute Gasteiger partial charge is 0.466 e. The standard InChI is InChI=1S/C17H28N4O/c1-12-10-14(13(2)22-12)11-19-17(18-3)20-15-6-8-21(9-7-15)16-4-5-16/h10,15-16H,4-9,11H2,1-3H3,(H2,18,19,20). The van der Waals surface area contributed by atoms with Gasteiger partial charge in [0.15, 0.2) is 5.96 Å². The first-order valence-corrected chi connectivity index (χ1v) is 8.43. The second-order valence-electron chi connectivity index (χ2n) is 6.55. The molecule has 2 aliphatic rings. The van der Waals surface area contributed by atoms with Crippen molar-refractivity contribution in [2.24, 2.45) is 4.99 Å². The van der Waals surface area contributed by atoms with Crippen LogP contribution in [0.4, 0.5) is 0 Å². The van der Waals surface area contributed by atoms with Crippen LogP contribution in [0.2, 0.25) is 0 Å². The van der Waals surface area contributed by atoms with Crippen LogP contribution in [-0.4, -0.2) is 43.1 Å². The van der Waals surface area contributed by atoms with Gasteiger partial charge < -0.3 is 20.0 Å². The summed E-state index contributed by atoms with van der Waals surface area (Å²) in [5.74, 6) is 2.84. The molecule has 122 valence electrons. The normalized spacial score (nSPS) is 21.1. The van der Waals surface area contributed by atoms with Crippen LogP contribution in [0.3, 0.4) is 0 Å². The summed E-state index contributed by atoms with van der Waals surface area (Å²) < 4.78 is 5.56. The Labute approximate surface area is 133 Å². The van der Waals surface area contributed by atoms with Crippen LogP contribution in [0.1, 0.15) is 42.8 Å². The lowest BCUT2D eigenvalue weighted by atomic mass is 10.1. The quantitative estimate of drug-likeness (QED) is 0.661. The number of likely N-dealkylation sites (tertiary alicyclic amines) is 1. The summed E-state index contributed by atoms with van der Waals surface area (Å²) in [4.78, 5) is 7.00. The number of aliphatic imine (C=N–C) groups is 1. The molecule has 2 fully saturated rings. The Kier molecular flexibility index (Phi) is 4.71. The van der Waals surface area contributed by atoms with Crippen molar-refractivity contribution in [3.05, 3.63) is 23.2 Å². The fourth-order valence-electron chi connectivity index (χ4n) is 3.27. The first-order valence-electron chi connectivity index (χ1n) is 8.43. The van der Waals surface area contributed by atoms with Crippen molar-refractivity contribution in [1.82, 2.24) is 15.5 Å². The van der Waals surface area contributed by atoms with Gasteiger partial charge in [0.25, 0.3) is 0 Å². The molecular formula is C17H28N4O. The highest BCUT2D eigenvalue weighted by Crippen LogP contribution is 2.29. The molecule has 0 unspecified atom stereocenters. The van der Waals surface area contributed by atoms with Crippen LogP contribution >= 0.6 is 0 Å². The third kappa shape index (κ3) is 3.83. The highest BCUT2D eigenvalue weighted by Gasteiger charge is 2.31. The van der Waals surface area contributed by atoms with Crippen molar-refractivity contribution in [2.75, 3.05) is 20.1 Å². The lowest BCUT2D eigenvalue weighted by Gasteiger charge is -2.33. The van der Waals surface area contributed by atoms with Gasteiger partial charge in [-0.2, -0.15) is 0 Å². The van der Waals surface area contributed by atoms with Crippen molar-refractivity contribution in [3.63, 3.8) is 0 Å².